The smallest absolute Gasteiger partial charge is 0.315 e. The summed E-state index contributed by atoms with van der Waals surface area (Å²) in [5.74, 6) is 1.66. The Morgan fingerprint density at radius 1 is 1.42 bits per heavy atom. The number of benzene rings is 1. The molecular weight excluding hydrogens is 260 g/mol. The summed E-state index contributed by atoms with van der Waals surface area (Å²) in [7, 11) is 0. The second-order valence-corrected chi connectivity index (χ2v) is 6.09. The van der Waals surface area contributed by atoms with Crippen LogP contribution >= 0.6 is 11.8 Å². The van der Waals surface area contributed by atoms with Crippen molar-refractivity contribution in [2.24, 2.45) is 0 Å². The average molecular weight is 280 g/mol. The Hall–Kier alpha value is -1.20. The van der Waals surface area contributed by atoms with Gasteiger partial charge in [0.2, 0.25) is 0 Å². The van der Waals surface area contributed by atoms with Crippen LogP contribution in [-0.4, -0.2) is 34.8 Å². The molecule has 1 aliphatic heterocycles. The Bertz CT molecular complexity index is 445. The lowest BCUT2D eigenvalue weighted by Crippen LogP contribution is -2.46. The summed E-state index contributed by atoms with van der Waals surface area (Å²) in [5.41, 5.74) is 1.53. The molecule has 1 heterocycles. The van der Waals surface area contributed by atoms with Crippen molar-refractivity contribution < 1.29 is 9.90 Å². The van der Waals surface area contributed by atoms with E-state index in [4.69, 9.17) is 0 Å². The van der Waals surface area contributed by atoms with E-state index in [1.165, 1.54) is 0 Å². The predicted molar refractivity (Wildman–Crippen MR) is 78.3 cm³/mol. The van der Waals surface area contributed by atoms with Gasteiger partial charge in [-0.2, -0.15) is 11.8 Å². The lowest BCUT2D eigenvalue weighted by Gasteiger charge is -2.21. The molecule has 0 bridgehead atoms. The van der Waals surface area contributed by atoms with Gasteiger partial charge in [0, 0.05) is 18.8 Å². The predicted octanol–water partition coefficient (Wildman–Crippen LogP) is 1.66. The third-order valence-corrected chi connectivity index (χ3v) is 4.60. The minimum Gasteiger partial charge on any atom is -0.387 e. The summed E-state index contributed by atoms with van der Waals surface area (Å²) in [6.45, 7) is 2.85. The van der Waals surface area contributed by atoms with Gasteiger partial charge < -0.3 is 15.7 Å². The zero-order valence-corrected chi connectivity index (χ0v) is 11.9. The fourth-order valence-electron chi connectivity index (χ4n) is 2.03. The summed E-state index contributed by atoms with van der Waals surface area (Å²) in [6, 6.07) is 7.73. The van der Waals surface area contributed by atoms with Gasteiger partial charge in [-0.25, -0.2) is 4.79 Å². The van der Waals surface area contributed by atoms with E-state index in [0.717, 1.165) is 23.3 Å². The largest absolute Gasteiger partial charge is 0.387 e. The Kier molecular flexibility index (Phi) is 4.71. The Balaban J connectivity index is 1.74. The number of rotatable bonds is 4. The molecule has 0 aromatic heterocycles. The van der Waals surface area contributed by atoms with E-state index in [-0.39, 0.29) is 6.03 Å². The van der Waals surface area contributed by atoms with Gasteiger partial charge in [0.15, 0.2) is 0 Å². The minimum absolute atomic E-state index is 0.228. The summed E-state index contributed by atoms with van der Waals surface area (Å²) in [6.07, 6.45) is 0.746. The molecule has 5 heteroatoms. The Labute approximate surface area is 118 Å². The number of hydrogen-bond acceptors (Lipinski definition) is 3. The van der Waals surface area contributed by atoms with Crippen LogP contribution in [0.2, 0.25) is 0 Å². The van der Waals surface area contributed by atoms with E-state index >= 15 is 0 Å². The molecule has 19 heavy (non-hydrogen) atoms. The van der Waals surface area contributed by atoms with Crippen LogP contribution < -0.4 is 10.6 Å². The van der Waals surface area contributed by atoms with Crippen molar-refractivity contribution in [3.8, 4) is 0 Å². The number of thioether (sulfide) groups is 1. The third-order valence-electron chi connectivity index (χ3n) is 3.36. The van der Waals surface area contributed by atoms with E-state index < -0.39 is 5.60 Å². The first-order valence-corrected chi connectivity index (χ1v) is 7.61. The van der Waals surface area contributed by atoms with Crippen molar-refractivity contribution in [3.05, 3.63) is 35.4 Å². The molecule has 1 aromatic rings. The first-order chi connectivity index (χ1) is 9.09. The van der Waals surface area contributed by atoms with Gasteiger partial charge in [-0.05, 0) is 30.2 Å². The molecule has 1 aromatic carbocycles. The van der Waals surface area contributed by atoms with Gasteiger partial charge in [0.1, 0.15) is 0 Å². The second kappa shape index (κ2) is 6.30. The highest BCUT2D eigenvalue weighted by molar-refractivity contribution is 7.99. The molecule has 0 aliphatic carbocycles. The maximum Gasteiger partial charge on any atom is 0.315 e. The van der Waals surface area contributed by atoms with Crippen molar-refractivity contribution in [1.82, 2.24) is 10.6 Å². The maximum atomic E-state index is 11.7. The SMILES string of the molecule is Cc1ccccc1CNC(=O)NCC1(O)CCSC1. The normalized spacial score (nSPS) is 22.2. The lowest BCUT2D eigenvalue weighted by atomic mass is 10.0. The van der Waals surface area contributed by atoms with E-state index in [0.29, 0.717) is 18.8 Å². The zero-order chi connectivity index (χ0) is 13.7. The molecule has 0 spiro atoms. The van der Waals surface area contributed by atoms with E-state index in [2.05, 4.69) is 10.6 Å². The Morgan fingerprint density at radius 2 is 2.21 bits per heavy atom. The van der Waals surface area contributed by atoms with Crippen molar-refractivity contribution >= 4 is 17.8 Å². The number of hydrogen-bond donors (Lipinski definition) is 3. The number of carbonyl (C=O) groups excluding carboxylic acids is 1. The molecule has 104 valence electrons. The van der Waals surface area contributed by atoms with Crippen LogP contribution in [0.3, 0.4) is 0 Å². The molecule has 0 radical (unpaired) electrons. The summed E-state index contributed by atoms with van der Waals surface area (Å²) in [4.78, 5) is 11.7. The summed E-state index contributed by atoms with van der Waals surface area (Å²) >= 11 is 1.72. The van der Waals surface area contributed by atoms with Crippen LogP contribution in [0.25, 0.3) is 0 Å². The zero-order valence-electron chi connectivity index (χ0n) is 11.1. The van der Waals surface area contributed by atoms with Gasteiger partial charge in [-0.1, -0.05) is 24.3 Å². The van der Waals surface area contributed by atoms with Crippen molar-refractivity contribution in [2.75, 3.05) is 18.1 Å². The van der Waals surface area contributed by atoms with E-state index in [1.54, 1.807) is 11.8 Å². The first-order valence-electron chi connectivity index (χ1n) is 6.45. The van der Waals surface area contributed by atoms with Gasteiger partial charge in [0.25, 0.3) is 0 Å². The number of urea groups is 1. The second-order valence-electron chi connectivity index (χ2n) is 4.99. The van der Waals surface area contributed by atoms with Crippen LogP contribution in [-0.2, 0) is 6.54 Å². The van der Waals surface area contributed by atoms with Crippen molar-refractivity contribution in [3.63, 3.8) is 0 Å². The third kappa shape index (κ3) is 4.14. The highest BCUT2D eigenvalue weighted by Gasteiger charge is 2.31. The highest BCUT2D eigenvalue weighted by Crippen LogP contribution is 2.26. The molecule has 1 saturated heterocycles. The molecule has 2 amide bonds. The average Bonchev–Trinajstić information content (AvgIpc) is 2.83. The van der Waals surface area contributed by atoms with Gasteiger partial charge >= 0.3 is 6.03 Å². The maximum absolute atomic E-state index is 11.7. The number of carbonyl (C=O) groups is 1. The molecule has 2 rings (SSSR count). The molecule has 1 atom stereocenters. The number of amides is 2. The van der Waals surface area contributed by atoms with Crippen LogP contribution in [0.4, 0.5) is 4.79 Å². The quantitative estimate of drug-likeness (QED) is 0.786. The number of aryl methyl sites for hydroxylation is 1. The summed E-state index contributed by atoms with van der Waals surface area (Å²) in [5, 5.41) is 15.7. The van der Waals surface area contributed by atoms with Crippen LogP contribution in [0, 0.1) is 6.92 Å². The monoisotopic (exact) mass is 280 g/mol. The molecule has 0 saturated carbocycles. The number of nitrogens with one attached hydrogen (secondary N) is 2. The fraction of sp³-hybridized carbons (Fsp3) is 0.500. The Morgan fingerprint density at radius 3 is 2.89 bits per heavy atom. The summed E-state index contributed by atoms with van der Waals surface area (Å²) < 4.78 is 0. The standard InChI is InChI=1S/C14H20N2O2S/c1-11-4-2-3-5-12(11)8-15-13(17)16-9-14(18)6-7-19-10-14/h2-5,18H,6-10H2,1H3,(H2,15,16,17). The van der Waals surface area contributed by atoms with Crippen molar-refractivity contribution in [2.45, 2.75) is 25.5 Å². The van der Waals surface area contributed by atoms with Gasteiger partial charge in [-0.15, -0.1) is 0 Å². The molecule has 1 fully saturated rings. The van der Waals surface area contributed by atoms with Gasteiger partial charge in [0.05, 0.1) is 5.60 Å². The van der Waals surface area contributed by atoms with Crippen LogP contribution in [0.15, 0.2) is 24.3 Å². The number of aliphatic hydroxyl groups is 1. The highest BCUT2D eigenvalue weighted by atomic mass is 32.2. The molecule has 1 unspecified atom stereocenters. The van der Waals surface area contributed by atoms with Gasteiger partial charge in [-0.3, -0.25) is 0 Å². The lowest BCUT2D eigenvalue weighted by molar-refractivity contribution is 0.0700. The minimum atomic E-state index is -0.731. The topological polar surface area (TPSA) is 61.4 Å². The molecular formula is C14H20N2O2S. The molecule has 4 nitrogen and oxygen atoms in total. The molecule has 1 aliphatic rings. The fourth-order valence-corrected chi connectivity index (χ4v) is 3.32. The first kappa shape index (κ1) is 14.2. The molecule has 3 N–H and O–H groups in total. The van der Waals surface area contributed by atoms with E-state index in [9.17, 15) is 9.90 Å². The van der Waals surface area contributed by atoms with E-state index in [1.807, 2.05) is 31.2 Å². The van der Waals surface area contributed by atoms with Crippen LogP contribution in [0.5, 0.6) is 0 Å². The van der Waals surface area contributed by atoms with Crippen molar-refractivity contribution in [1.29, 1.82) is 0 Å². The van der Waals surface area contributed by atoms with Crippen LogP contribution in [0.1, 0.15) is 17.5 Å².